The Morgan fingerprint density at radius 1 is 1.40 bits per heavy atom. The first-order valence-corrected chi connectivity index (χ1v) is 11.9. The van der Waals surface area contributed by atoms with Gasteiger partial charge in [-0.1, -0.05) is 0 Å². The zero-order valence-corrected chi connectivity index (χ0v) is 20.3. The van der Waals surface area contributed by atoms with Gasteiger partial charge in [0.25, 0.3) is 0 Å². The normalized spacial score (nSPS) is 15.9. The Labute approximate surface area is 185 Å². The molecule has 1 aromatic rings. The van der Waals surface area contributed by atoms with Gasteiger partial charge < -0.3 is 19.9 Å². The van der Waals surface area contributed by atoms with Gasteiger partial charge in [-0.25, -0.2) is 9.78 Å². The van der Waals surface area contributed by atoms with Gasteiger partial charge in [-0.05, 0) is 59.8 Å². The summed E-state index contributed by atoms with van der Waals surface area (Å²) >= 11 is 1.74. The number of piperidine rings is 1. The molecule has 1 aromatic heterocycles. The molecule has 2 heterocycles. The molecule has 0 atom stereocenters. The molecule has 0 aromatic carbocycles. The summed E-state index contributed by atoms with van der Waals surface area (Å²) in [5, 5.41) is 6.80. The highest BCUT2D eigenvalue weighted by atomic mass is 32.1. The third-order valence-electron chi connectivity index (χ3n) is 5.15. The highest BCUT2D eigenvalue weighted by molar-refractivity contribution is 7.09. The maximum Gasteiger partial charge on any atom is 0.410 e. The van der Waals surface area contributed by atoms with E-state index < -0.39 is 5.60 Å². The molecule has 0 bridgehead atoms. The summed E-state index contributed by atoms with van der Waals surface area (Å²) in [5.74, 6) is 1.48. The predicted molar refractivity (Wildman–Crippen MR) is 124 cm³/mol. The Morgan fingerprint density at radius 2 is 2.10 bits per heavy atom. The fraction of sp³-hybridized carbons (Fsp3) is 0.773. The van der Waals surface area contributed by atoms with Crippen LogP contribution in [0.2, 0.25) is 0 Å². The van der Waals surface area contributed by atoms with Gasteiger partial charge in [0, 0.05) is 57.3 Å². The molecule has 30 heavy (non-hydrogen) atoms. The zero-order valence-electron chi connectivity index (χ0n) is 19.5. The van der Waals surface area contributed by atoms with Crippen LogP contribution in [-0.4, -0.2) is 72.2 Å². The summed E-state index contributed by atoms with van der Waals surface area (Å²) in [6.45, 7) is 14.0. The molecule has 1 aliphatic rings. The van der Waals surface area contributed by atoms with Gasteiger partial charge in [0.2, 0.25) is 0 Å². The number of nitrogens with one attached hydrogen (secondary N) is 1. The Kier molecular flexibility index (Phi) is 9.39. The van der Waals surface area contributed by atoms with Crippen molar-refractivity contribution < 1.29 is 9.53 Å². The lowest BCUT2D eigenvalue weighted by Gasteiger charge is -2.36. The Hall–Kier alpha value is -1.83. The number of aliphatic imine (C=N–C) groups is 1. The van der Waals surface area contributed by atoms with Crippen molar-refractivity contribution in [3.8, 4) is 0 Å². The molecule has 0 radical (unpaired) electrons. The highest BCUT2D eigenvalue weighted by Gasteiger charge is 2.27. The fourth-order valence-electron chi connectivity index (χ4n) is 3.59. The molecular formula is C22H39N5O2S. The first kappa shape index (κ1) is 24.4. The Morgan fingerprint density at radius 3 is 2.63 bits per heavy atom. The van der Waals surface area contributed by atoms with Crippen LogP contribution < -0.4 is 5.32 Å². The number of guanidine groups is 1. The standard InChI is InChI=1S/C22H39N5O2S/c1-7-26(21(28)29-22(3,4)5)15-18-10-13-27(14-11-18)20(23-6)24-12-8-9-19-25-17(2)16-30-19/h16,18H,7-15H2,1-6H3,(H,23,24). The van der Waals surface area contributed by atoms with Crippen molar-refractivity contribution in [2.45, 2.75) is 65.9 Å². The number of thiazole rings is 1. The van der Waals surface area contributed by atoms with Crippen molar-refractivity contribution in [2.75, 3.05) is 39.8 Å². The van der Waals surface area contributed by atoms with Gasteiger partial charge in [-0.3, -0.25) is 4.99 Å². The van der Waals surface area contributed by atoms with E-state index in [4.69, 9.17) is 4.74 Å². The lowest BCUT2D eigenvalue weighted by Crippen LogP contribution is -2.48. The van der Waals surface area contributed by atoms with E-state index in [1.807, 2.05) is 46.6 Å². The second-order valence-electron chi connectivity index (χ2n) is 8.91. The smallest absolute Gasteiger partial charge is 0.410 e. The van der Waals surface area contributed by atoms with Crippen LogP contribution in [0.1, 0.15) is 57.7 Å². The van der Waals surface area contributed by atoms with E-state index in [0.29, 0.717) is 12.5 Å². The molecule has 0 spiro atoms. The van der Waals surface area contributed by atoms with Gasteiger partial charge in [-0.2, -0.15) is 0 Å². The number of rotatable bonds is 7. The molecule has 1 saturated heterocycles. The predicted octanol–water partition coefficient (Wildman–Crippen LogP) is 3.93. The average Bonchev–Trinajstić information content (AvgIpc) is 3.10. The summed E-state index contributed by atoms with van der Waals surface area (Å²) in [6, 6.07) is 0. The van der Waals surface area contributed by atoms with Crippen molar-refractivity contribution >= 4 is 23.4 Å². The first-order valence-electron chi connectivity index (χ1n) is 11.1. The summed E-state index contributed by atoms with van der Waals surface area (Å²) in [4.78, 5) is 25.5. The van der Waals surface area contributed by atoms with Gasteiger partial charge in [0.15, 0.2) is 5.96 Å². The number of ether oxygens (including phenoxy) is 1. The summed E-state index contributed by atoms with van der Waals surface area (Å²) in [7, 11) is 1.85. The number of hydrogen-bond donors (Lipinski definition) is 1. The van der Waals surface area contributed by atoms with E-state index >= 15 is 0 Å². The molecule has 0 unspecified atom stereocenters. The average molecular weight is 438 g/mol. The largest absolute Gasteiger partial charge is 0.444 e. The van der Waals surface area contributed by atoms with Crippen molar-refractivity contribution in [2.24, 2.45) is 10.9 Å². The first-order chi connectivity index (χ1) is 14.2. The number of aryl methyl sites for hydroxylation is 2. The maximum absolute atomic E-state index is 12.4. The van der Waals surface area contributed by atoms with Gasteiger partial charge in [0.1, 0.15) is 5.60 Å². The number of likely N-dealkylation sites (tertiary alicyclic amines) is 1. The molecule has 2 rings (SSSR count). The van der Waals surface area contributed by atoms with E-state index in [1.54, 1.807) is 11.3 Å². The van der Waals surface area contributed by atoms with Crippen LogP contribution in [0.3, 0.4) is 0 Å². The summed E-state index contributed by atoms with van der Waals surface area (Å²) in [5.41, 5.74) is 0.652. The molecule has 1 amide bonds. The molecule has 1 fully saturated rings. The molecule has 1 N–H and O–H groups in total. The van der Waals surface area contributed by atoms with E-state index in [-0.39, 0.29) is 6.09 Å². The summed E-state index contributed by atoms with van der Waals surface area (Å²) in [6.07, 6.45) is 3.95. The third-order valence-corrected chi connectivity index (χ3v) is 6.18. The van der Waals surface area contributed by atoms with Crippen molar-refractivity contribution in [3.05, 3.63) is 16.1 Å². The second kappa shape index (κ2) is 11.5. The SMILES string of the molecule is CCN(CC1CCN(C(=NC)NCCCc2nc(C)cs2)CC1)C(=O)OC(C)(C)C. The van der Waals surface area contributed by atoms with E-state index in [0.717, 1.165) is 63.5 Å². The van der Waals surface area contributed by atoms with Crippen LogP contribution in [0.15, 0.2) is 10.4 Å². The Balaban J connectivity index is 1.72. The number of carbonyl (C=O) groups is 1. The van der Waals surface area contributed by atoms with E-state index in [9.17, 15) is 4.79 Å². The van der Waals surface area contributed by atoms with Crippen LogP contribution >= 0.6 is 11.3 Å². The molecule has 8 heteroatoms. The van der Waals surface area contributed by atoms with Crippen LogP contribution in [0.5, 0.6) is 0 Å². The minimum atomic E-state index is -0.454. The van der Waals surface area contributed by atoms with Gasteiger partial charge in [-0.15, -0.1) is 11.3 Å². The molecular weight excluding hydrogens is 398 g/mol. The number of nitrogens with zero attached hydrogens (tertiary/aromatic N) is 4. The van der Waals surface area contributed by atoms with Gasteiger partial charge >= 0.3 is 6.09 Å². The number of amides is 1. The third kappa shape index (κ3) is 8.13. The highest BCUT2D eigenvalue weighted by Crippen LogP contribution is 2.20. The van der Waals surface area contributed by atoms with Crippen LogP contribution in [0, 0.1) is 12.8 Å². The lowest BCUT2D eigenvalue weighted by molar-refractivity contribution is 0.0214. The number of carbonyl (C=O) groups excluding carboxylic acids is 1. The maximum atomic E-state index is 12.4. The fourth-order valence-corrected chi connectivity index (χ4v) is 4.41. The topological polar surface area (TPSA) is 70.1 Å². The minimum Gasteiger partial charge on any atom is -0.444 e. The van der Waals surface area contributed by atoms with Crippen LogP contribution in [-0.2, 0) is 11.2 Å². The summed E-state index contributed by atoms with van der Waals surface area (Å²) < 4.78 is 5.54. The van der Waals surface area contributed by atoms with E-state index in [2.05, 4.69) is 25.6 Å². The van der Waals surface area contributed by atoms with Crippen molar-refractivity contribution in [3.63, 3.8) is 0 Å². The molecule has 1 aliphatic heterocycles. The van der Waals surface area contributed by atoms with Crippen molar-refractivity contribution in [1.29, 1.82) is 0 Å². The lowest BCUT2D eigenvalue weighted by atomic mass is 9.96. The van der Waals surface area contributed by atoms with Crippen LogP contribution in [0.25, 0.3) is 0 Å². The Bertz CT molecular complexity index is 690. The second-order valence-corrected chi connectivity index (χ2v) is 9.85. The quantitative estimate of drug-likeness (QED) is 0.398. The monoisotopic (exact) mass is 437 g/mol. The molecule has 170 valence electrons. The molecule has 7 nitrogen and oxygen atoms in total. The van der Waals surface area contributed by atoms with Gasteiger partial charge in [0.05, 0.1) is 5.01 Å². The zero-order chi connectivity index (χ0) is 22.1. The van der Waals surface area contributed by atoms with Crippen LogP contribution in [0.4, 0.5) is 4.79 Å². The van der Waals surface area contributed by atoms with E-state index in [1.165, 1.54) is 5.01 Å². The van der Waals surface area contributed by atoms with Crippen molar-refractivity contribution in [1.82, 2.24) is 20.1 Å². The number of hydrogen-bond acceptors (Lipinski definition) is 5. The molecule has 0 aliphatic carbocycles. The molecule has 0 saturated carbocycles. The number of aromatic nitrogens is 1. The minimum absolute atomic E-state index is 0.208.